The van der Waals surface area contributed by atoms with Crippen LogP contribution in [0.15, 0.2) is 12.2 Å². The van der Waals surface area contributed by atoms with Gasteiger partial charge in [-0.15, -0.1) is 0 Å². The molecule has 2 heterocycles. The lowest BCUT2D eigenvalue weighted by Crippen LogP contribution is -2.67. The number of ether oxygens (including phenoxy) is 2. The summed E-state index contributed by atoms with van der Waals surface area (Å²) in [7, 11) is 0. The predicted octanol–water partition coefficient (Wildman–Crippen LogP) is 1.66. The highest BCUT2D eigenvalue weighted by Gasteiger charge is 2.80. The van der Waals surface area contributed by atoms with E-state index in [0.717, 1.165) is 32.1 Å². The van der Waals surface area contributed by atoms with Crippen LogP contribution in [0.4, 0.5) is 0 Å². The summed E-state index contributed by atoms with van der Waals surface area (Å²) in [5, 5.41) is 44.2. The van der Waals surface area contributed by atoms with Gasteiger partial charge in [0.1, 0.15) is 29.0 Å². The Hall–Kier alpha value is -1.32. The van der Waals surface area contributed by atoms with Gasteiger partial charge in [-0.05, 0) is 101 Å². The molecule has 0 aromatic rings. The number of epoxide rings is 1. The van der Waals surface area contributed by atoms with Crippen molar-refractivity contribution in [3.8, 4) is 0 Å². The fraction of sp³-hybridized carbons (Fsp3) is 0.857. The summed E-state index contributed by atoms with van der Waals surface area (Å²) >= 11 is 0. The normalized spacial score (nSPS) is 59.2. The zero-order valence-corrected chi connectivity index (χ0v) is 21.9. The first-order chi connectivity index (χ1) is 16.5. The third-order valence-electron chi connectivity index (χ3n) is 12.3. The predicted molar refractivity (Wildman–Crippen MR) is 127 cm³/mol. The van der Waals surface area contributed by atoms with Gasteiger partial charge in [0.25, 0.3) is 0 Å². The van der Waals surface area contributed by atoms with E-state index < -0.39 is 46.0 Å². The lowest BCUT2D eigenvalue weighted by atomic mass is 9.44. The molecule has 4 N–H and O–H groups in total. The summed E-state index contributed by atoms with van der Waals surface area (Å²) in [6.45, 7) is 8.56. The summed E-state index contributed by atoms with van der Waals surface area (Å²) in [4.78, 5) is 25.9. The van der Waals surface area contributed by atoms with Crippen LogP contribution in [0.5, 0.6) is 0 Å². The lowest BCUT2D eigenvalue weighted by Gasteiger charge is -2.59. The Balaban J connectivity index is 1.30. The van der Waals surface area contributed by atoms with Gasteiger partial charge in [0.05, 0.1) is 11.5 Å². The molecule has 0 aromatic heterocycles. The zero-order valence-electron chi connectivity index (χ0n) is 21.9. The Bertz CT molecular complexity index is 1050. The molecule has 36 heavy (non-hydrogen) atoms. The first-order valence-corrected chi connectivity index (χ1v) is 13.5. The fourth-order valence-electron chi connectivity index (χ4n) is 9.76. The molecule has 200 valence electrons. The highest BCUT2D eigenvalue weighted by Crippen LogP contribution is 2.73. The average molecular weight is 505 g/mol. The number of carbonyl (C=O) groups excluding carboxylic acids is 2. The number of esters is 1. The molecule has 8 nitrogen and oxygen atoms in total. The van der Waals surface area contributed by atoms with E-state index in [-0.39, 0.29) is 47.4 Å². The number of hydrogen-bond donors (Lipinski definition) is 4. The van der Waals surface area contributed by atoms with Gasteiger partial charge in [-0.1, -0.05) is 6.92 Å². The Morgan fingerprint density at radius 3 is 2.42 bits per heavy atom. The quantitative estimate of drug-likeness (QED) is 0.329. The molecule has 0 unspecified atom stereocenters. The zero-order chi connectivity index (χ0) is 26.3. The topological polar surface area (TPSA) is 137 Å². The van der Waals surface area contributed by atoms with Gasteiger partial charge in [-0.3, -0.25) is 4.79 Å². The molecule has 8 heteroatoms. The van der Waals surface area contributed by atoms with Gasteiger partial charge in [0, 0.05) is 6.42 Å². The molecule has 0 bridgehead atoms. The highest BCUT2D eigenvalue weighted by molar-refractivity contribution is 5.98. The maximum Gasteiger partial charge on any atom is 0.341 e. The van der Waals surface area contributed by atoms with Crippen molar-refractivity contribution in [2.75, 3.05) is 0 Å². The standard InChI is InChI=1S/C28H40O8/c1-23-11-10-16-14(12-20-28(36-20)19(30)9-8-18(29)25(16,28)3)15(23)6-7-17(23)26(4,33)21-13-24(2,32)27(5,34)22(31)35-21/h8-9,14-17,19-21,30,32-34H,6-7,10-13H2,1-5H3/t14-,15-,16-,17-,19-,20+,21+,23-,24-,25-,26+,27-,28+/m0/s1. The minimum atomic E-state index is -2.04. The average Bonchev–Trinajstić information content (AvgIpc) is 3.41. The van der Waals surface area contributed by atoms with Gasteiger partial charge in [0.15, 0.2) is 11.4 Å². The summed E-state index contributed by atoms with van der Waals surface area (Å²) in [6, 6.07) is 0. The Labute approximate surface area is 212 Å². The van der Waals surface area contributed by atoms with Crippen LogP contribution in [0.1, 0.15) is 73.1 Å². The first-order valence-electron chi connectivity index (χ1n) is 13.5. The summed E-state index contributed by atoms with van der Waals surface area (Å²) < 4.78 is 11.8. The van der Waals surface area contributed by atoms with Crippen molar-refractivity contribution in [3.05, 3.63) is 12.2 Å². The molecule has 1 spiro atoms. The third-order valence-corrected chi connectivity index (χ3v) is 12.3. The van der Waals surface area contributed by atoms with Gasteiger partial charge in [0.2, 0.25) is 0 Å². The van der Waals surface area contributed by atoms with Crippen LogP contribution < -0.4 is 0 Å². The summed E-state index contributed by atoms with van der Waals surface area (Å²) in [6.07, 6.45) is 5.21. The van der Waals surface area contributed by atoms with Crippen LogP contribution >= 0.6 is 0 Å². The van der Waals surface area contributed by atoms with E-state index in [2.05, 4.69) is 6.92 Å². The van der Waals surface area contributed by atoms with Crippen molar-refractivity contribution in [1.82, 2.24) is 0 Å². The number of ketones is 1. The molecule has 0 aromatic carbocycles. The minimum absolute atomic E-state index is 0.0403. The SMILES string of the molecule is C[C@@](O)([C@H]1CC[C@H]2[C@@H]3C[C@H]4O[C@]45[C@@H](O)C=CC(=O)[C@]5(C)[C@H]3CC[C@]12C)[C@H]1C[C@](C)(O)[C@@](C)(O)C(=O)O1. The number of rotatable bonds is 2. The molecule has 6 aliphatic rings. The maximum atomic E-state index is 13.3. The fourth-order valence-corrected chi connectivity index (χ4v) is 9.76. The first kappa shape index (κ1) is 25.0. The Kier molecular flexibility index (Phi) is 4.86. The lowest BCUT2D eigenvalue weighted by molar-refractivity contribution is -0.251. The van der Waals surface area contributed by atoms with Gasteiger partial charge in [-0.2, -0.15) is 0 Å². The van der Waals surface area contributed by atoms with Crippen LogP contribution in [-0.4, -0.2) is 72.9 Å². The molecule has 2 saturated heterocycles. The second-order valence-corrected chi connectivity index (χ2v) is 13.7. The molecule has 13 atom stereocenters. The van der Waals surface area contributed by atoms with E-state index in [0.29, 0.717) is 0 Å². The molecule has 0 radical (unpaired) electrons. The number of cyclic esters (lactones) is 1. The Morgan fingerprint density at radius 2 is 1.75 bits per heavy atom. The van der Waals surface area contributed by atoms with E-state index in [9.17, 15) is 30.0 Å². The van der Waals surface area contributed by atoms with E-state index in [1.165, 1.54) is 19.9 Å². The number of hydrogen-bond acceptors (Lipinski definition) is 8. The molecular formula is C28H40O8. The molecule has 3 saturated carbocycles. The van der Waals surface area contributed by atoms with Gasteiger partial charge >= 0.3 is 5.97 Å². The third kappa shape index (κ3) is 2.68. The second kappa shape index (κ2) is 7.00. The van der Waals surface area contributed by atoms with Crippen LogP contribution in [0, 0.1) is 34.5 Å². The van der Waals surface area contributed by atoms with Crippen LogP contribution in [0.2, 0.25) is 0 Å². The number of aliphatic hydroxyl groups excluding tert-OH is 1. The van der Waals surface area contributed by atoms with Crippen molar-refractivity contribution in [2.45, 2.75) is 114 Å². The minimum Gasteiger partial charge on any atom is -0.457 e. The van der Waals surface area contributed by atoms with Crippen molar-refractivity contribution in [3.63, 3.8) is 0 Å². The molecule has 4 aliphatic carbocycles. The number of aliphatic hydroxyl groups is 4. The number of fused-ring (bicyclic) bond motifs is 4. The van der Waals surface area contributed by atoms with E-state index in [1.54, 1.807) is 13.0 Å². The van der Waals surface area contributed by atoms with Gasteiger partial charge in [-0.25, -0.2) is 4.79 Å². The number of carbonyl (C=O) groups is 2. The van der Waals surface area contributed by atoms with E-state index in [4.69, 9.17) is 9.47 Å². The molecule has 5 fully saturated rings. The van der Waals surface area contributed by atoms with E-state index in [1.807, 2.05) is 6.92 Å². The van der Waals surface area contributed by atoms with Crippen molar-refractivity contribution < 1.29 is 39.5 Å². The van der Waals surface area contributed by atoms with Crippen LogP contribution in [0.25, 0.3) is 0 Å². The van der Waals surface area contributed by atoms with Gasteiger partial charge < -0.3 is 29.9 Å². The largest absolute Gasteiger partial charge is 0.457 e. The monoisotopic (exact) mass is 504 g/mol. The van der Waals surface area contributed by atoms with Crippen molar-refractivity contribution in [1.29, 1.82) is 0 Å². The maximum absolute atomic E-state index is 13.3. The number of allylic oxidation sites excluding steroid dienone is 1. The van der Waals surface area contributed by atoms with Crippen molar-refractivity contribution in [2.24, 2.45) is 34.5 Å². The van der Waals surface area contributed by atoms with E-state index >= 15 is 0 Å². The molecule has 2 aliphatic heterocycles. The Morgan fingerprint density at radius 1 is 1.06 bits per heavy atom. The summed E-state index contributed by atoms with van der Waals surface area (Å²) in [5.74, 6) is -0.481. The molecular weight excluding hydrogens is 464 g/mol. The van der Waals surface area contributed by atoms with Crippen molar-refractivity contribution >= 4 is 11.8 Å². The van der Waals surface area contributed by atoms with Crippen LogP contribution in [0.3, 0.4) is 0 Å². The highest BCUT2D eigenvalue weighted by atomic mass is 16.6. The molecule has 6 rings (SSSR count). The van der Waals surface area contributed by atoms with Crippen LogP contribution in [-0.2, 0) is 19.1 Å². The molecule has 0 amide bonds. The summed E-state index contributed by atoms with van der Waals surface area (Å²) in [5.41, 5.74) is -6.99. The second-order valence-electron chi connectivity index (χ2n) is 13.7. The smallest absolute Gasteiger partial charge is 0.341 e.